The molecule has 4 heteroatoms. The summed E-state index contributed by atoms with van der Waals surface area (Å²) in [7, 11) is -1.08. The summed E-state index contributed by atoms with van der Waals surface area (Å²) in [5, 5.41) is 0. The second kappa shape index (κ2) is 5.75. The first-order valence-electron chi connectivity index (χ1n) is 6.15. The van der Waals surface area contributed by atoms with Gasteiger partial charge in [0.25, 0.3) is 0 Å². The number of pyridine rings is 1. The van der Waals surface area contributed by atoms with Crippen molar-refractivity contribution in [2.75, 3.05) is 0 Å². The molecule has 1 heterocycles. The molecule has 0 radical (unpaired) electrons. The summed E-state index contributed by atoms with van der Waals surface area (Å²) in [4.78, 5) is 4.49. The SMILES string of the molecule is C[SiH](C)OC(c1ccc(CN)cn1)C(C)(C)C. The molecule has 0 spiro atoms. The van der Waals surface area contributed by atoms with Crippen LogP contribution in [0.3, 0.4) is 0 Å². The molecule has 0 saturated carbocycles. The van der Waals surface area contributed by atoms with Crippen molar-refractivity contribution in [1.82, 2.24) is 4.98 Å². The van der Waals surface area contributed by atoms with Gasteiger partial charge in [-0.05, 0) is 30.1 Å². The zero-order chi connectivity index (χ0) is 13.1. The van der Waals surface area contributed by atoms with E-state index in [2.05, 4.69) is 38.8 Å². The topological polar surface area (TPSA) is 48.1 Å². The van der Waals surface area contributed by atoms with Crippen LogP contribution in [-0.4, -0.2) is 14.0 Å². The molecule has 17 heavy (non-hydrogen) atoms. The van der Waals surface area contributed by atoms with Gasteiger partial charge in [0.1, 0.15) is 0 Å². The maximum Gasteiger partial charge on any atom is 0.171 e. The molecular formula is C13H24N2OSi. The molecule has 0 aliphatic heterocycles. The molecule has 0 amide bonds. The third-order valence-electron chi connectivity index (χ3n) is 2.55. The lowest BCUT2D eigenvalue weighted by atomic mass is 9.87. The van der Waals surface area contributed by atoms with E-state index in [0.29, 0.717) is 6.54 Å². The normalized spacial score (nSPS) is 14.1. The average Bonchev–Trinajstić information content (AvgIpc) is 2.24. The van der Waals surface area contributed by atoms with Crippen molar-refractivity contribution in [3.8, 4) is 0 Å². The monoisotopic (exact) mass is 252 g/mol. The van der Waals surface area contributed by atoms with E-state index in [1.165, 1.54) is 0 Å². The fraction of sp³-hybridized carbons (Fsp3) is 0.615. The van der Waals surface area contributed by atoms with Crippen molar-refractivity contribution >= 4 is 9.04 Å². The number of hydrogen-bond acceptors (Lipinski definition) is 3. The van der Waals surface area contributed by atoms with Gasteiger partial charge in [0.2, 0.25) is 0 Å². The van der Waals surface area contributed by atoms with Gasteiger partial charge in [0.05, 0.1) is 11.8 Å². The Morgan fingerprint density at radius 3 is 2.35 bits per heavy atom. The van der Waals surface area contributed by atoms with Crippen LogP contribution in [0.1, 0.15) is 38.1 Å². The van der Waals surface area contributed by atoms with Crippen LogP contribution in [0.5, 0.6) is 0 Å². The molecule has 1 unspecified atom stereocenters. The van der Waals surface area contributed by atoms with Crippen LogP contribution in [0, 0.1) is 5.41 Å². The molecule has 1 atom stereocenters. The molecule has 1 aromatic heterocycles. The van der Waals surface area contributed by atoms with Crippen LogP contribution < -0.4 is 5.73 Å². The third-order valence-corrected chi connectivity index (χ3v) is 3.36. The van der Waals surface area contributed by atoms with E-state index in [1.807, 2.05) is 18.3 Å². The van der Waals surface area contributed by atoms with Crippen molar-refractivity contribution < 1.29 is 4.43 Å². The molecule has 0 aliphatic rings. The summed E-state index contributed by atoms with van der Waals surface area (Å²) in [6, 6.07) is 4.07. The molecule has 3 nitrogen and oxygen atoms in total. The van der Waals surface area contributed by atoms with Crippen molar-refractivity contribution in [2.45, 2.75) is 46.5 Å². The van der Waals surface area contributed by atoms with Gasteiger partial charge >= 0.3 is 0 Å². The lowest BCUT2D eigenvalue weighted by Gasteiger charge is -2.32. The van der Waals surface area contributed by atoms with Crippen LogP contribution in [0.4, 0.5) is 0 Å². The van der Waals surface area contributed by atoms with Gasteiger partial charge in [-0.1, -0.05) is 26.8 Å². The largest absolute Gasteiger partial charge is 0.412 e. The van der Waals surface area contributed by atoms with Crippen LogP contribution in [0.15, 0.2) is 18.3 Å². The van der Waals surface area contributed by atoms with E-state index >= 15 is 0 Å². The van der Waals surface area contributed by atoms with Gasteiger partial charge in [-0.25, -0.2) is 0 Å². The second-order valence-corrected chi connectivity index (χ2v) is 8.10. The number of rotatable bonds is 4. The minimum atomic E-state index is -1.08. The zero-order valence-corrected chi connectivity index (χ0v) is 12.7. The zero-order valence-electron chi connectivity index (χ0n) is 11.5. The van der Waals surface area contributed by atoms with E-state index in [9.17, 15) is 0 Å². The minimum absolute atomic E-state index is 0.0640. The summed E-state index contributed by atoms with van der Waals surface area (Å²) in [6.07, 6.45) is 1.92. The number of nitrogens with zero attached hydrogens (tertiary/aromatic N) is 1. The van der Waals surface area contributed by atoms with Gasteiger partial charge in [-0.15, -0.1) is 0 Å². The third kappa shape index (κ3) is 4.22. The maximum atomic E-state index is 6.12. The van der Waals surface area contributed by atoms with Gasteiger partial charge < -0.3 is 10.2 Å². The Labute approximate surface area is 106 Å². The first kappa shape index (κ1) is 14.3. The Morgan fingerprint density at radius 1 is 1.35 bits per heavy atom. The molecule has 0 bridgehead atoms. The quantitative estimate of drug-likeness (QED) is 0.838. The Hall–Kier alpha value is -0.713. The summed E-state index contributed by atoms with van der Waals surface area (Å²) in [5.41, 5.74) is 7.71. The summed E-state index contributed by atoms with van der Waals surface area (Å²) in [6.45, 7) is 11.5. The number of aromatic nitrogens is 1. The average molecular weight is 252 g/mol. The van der Waals surface area contributed by atoms with E-state index < -0.39 is 9.04 Å². The Balaban J connectivity index is 2.96. The lowest BCUT2D eigenvalue weighted by Crippen LogP contribution is -2.26. The fourth-order valence-corrected chi connectivity index (χ4v) is 2.79. The smallest absolute Gasteiger partial charge is 0.171 e. The van der Waals surface area contributed by atoms with Crippen LogP contribution in [-0.2, 0) is 11.0 Å². The number of hydrogen-bond donors (Lipinski definition) is 1. The standard InChI is InChI=1S/C13H24N2OSi/c1-13(2,3)12(16-17(4)5)11-7-6-10(8-14)9-15-11/h6-7,9,12,17H,8,14H2,1-5H3. The van der Waals surface area contributed by atoms with Gasteiger partial charge in [0.15, 0.2) is 9.04 Å². The molecule has 0 aliphatic carbocycles. The predicted octanol–water partition coefficient (Wildman–Crippen LogP) is 2.63. The summed E-state index contributed by atoms with van der Waals surface area (Å²) < 4.78 is 6.12. The predicted molar refractivity (Wildman–Crippen MR) is 74.3 cm³/mol. The van der Waals surface area contributed by atoms with Gasteiger partial charge in [-0.2, -0.15) is 0 Å². The highest BCUT2D eigenvalue weighted by Gasteiger charge is 2.28. The molecule has 1 aromatic rings. The molecule has 96 valence electrons. The van der Waals surface area contributed by atoms with E-state index in [4.69, 9.17) is 10.2 Å². The maximum absolute atomic E-state index is 6.12. The van der Waals surface area contributed by atoms with Gasteiger partial charge in [-0.3, -0.25) is 4.98 Å². The highest BCUT2D eigenvalue weighted by atomic mass is 28.3. The molecule has 0 fully saturated rings. The Morgan fingerprint density at radius 2 is 2.00 bits per heavy atom. The van der Waals surface area contributed by atoms with Crippen LogP contribution in [0.2, 0.25) is 13.1 Å². The van der Waals surface area contributed by atoms with E-state index in [0.717, 1.165) is 11.3 Å². The first-order valence-corrected chi connectivity index (χ1v) is 8.93. The molecule has 1 rings (SSSR count). The van der Waals surface area contributed by atoms with E-state index in [-0.39, 0.29) is 11.5 Å². The van der Waals surface area contributed by atoms with Gasteiger partial charge in [0, 0.05) is 12.7 Å². The molecule has 2 N–H and O–H groups in total. The summed E-state index contributed by atoms with van der Waals surface area (Å²) in [5.74, 6) is 0. The highest BCUT2D eigenvalue weighted by Crippen LogP contribution is 2.35. The molecule has 0 aromatic carbocycles. The molecule has 0 saturated heterocycles. The second-order valence-electron chi connectivity index (χ2n) is 5.73. The van der Waals surface area contributed by atoms with Crippen LogP contribution in [0.25, 0.3) is 0 Å². The lowest BCUT2D eigenvalue weighted by molar-refractivity contribution is 0.0827. The van der Waals surface area contributed by atoms with Crippen molar-refractivity contribution in [3.05, 3.63) is 29.6 Å². The fourth-order valence-electron chi connectivity index (χ4n) is 1.70. The Kier molecular flexibility index (Phi) is 4.86. The summed E-state index contributed by atoms with van der Waals surface area (Å²) >= 11 is 0. The highest BCUT2D eigenvalue weighted by molar-refractivity contribution is 6.48. The molecular weight excluding hydrogens is 228 g/mol. The van der Waals surface area contributed by atoms with Crippen LogP contribution >= 0.6 is 0 Å². The van der Waals surface area contributed by atoms with Crippen molar-refractivity contribution in [2.24, 2.45) is 11.1 Å². The number of nitrogens with two attached hydrogens (primary N) is 1. The Bertz CT molecular complexity index is 343. The minimum Gasteiger partial charge on any atom is -0.412 e. The van der Waals surface area contributed by atoms with Crippen molar-refractivity contribution in [3.63, 3.8) is 0 Å². The van der Waals surface area contributed by atoms with E-state index in [1.54, 1.807) is 0 Å². The first-order chi connectivity index (χ1) is 7.84. The van der Waals surface area contributed by atoms with Crippen molar-refractivity contribution in [1.29, 1.82) is 0 Å².